The van der Waals surface area contributed by atoms with Crippen LogP contribution in [0.1, 0.15) is 33.2 Å². The van der Waals surface area contributed by atoms with E-state index >= 15 is 0 Å². The number of carbonyl (C=O) groups is 1. The lowest BCUT2D eigenvalue weighted by Crippen LogP contribution is -2.27. The van der Waals surface area contributed by atoms with Gasteiger partial charge in [-0.15, -0.1) is 10.2 Å². The Kier molecular flexibility index (Phi) is 4.15. The number of likely N-dealkylation sites (tertiary alicyclic amines) is 1. The van der Waals surface area contributed by atoms with Gasteiger partial charge in [0.25, 0.3) is 5.91 Å². The van der Waals surface area contributed by atoms with Crippen molar-refractivity contribution in [1.82, 2.24) is 15.1 Å². The first-order chi connectivity index (χ1) is 10.2. The Hall–Kier alpha value is -1.95. The normalized spacial score (nSPS) is 14.4. The molecule has 2 heterocycles. The van der Waals surface area contributed by atoms with Crippen molar-refractivity contribution in [2.45, 2.75) is 26.4 Å². The molecule has 1 aromatic heterocycles. The molecule has 0 saturated carbocycles. The summed E-state index contributed by atoms with van der Waals surface area (Å²) in [5.41, 5.74) is 0.719. The third-order valence-corrected chi connectivity index (χ3v) is 4.24. The molecule has 1 saturated heterocycles. The molecule has 110 valence electrons. The summed E-state index contributed by atoms with van der Waals surface area (Å²) >= 11 is 1.52. The Morgan fingerprint density at radius 1 is 1.24 bits per heavy atom. The van der Waals surface area contributed by atoms with Crippen LogP contribution in [-0.4, -0.2) is 34.1 Å². The molecule has 0 unspecified atom stereocenters. The van der Waals surface area contributed by atoms with Crippen LogP contribution in [-0.2, 0) is 6.61 Å². The molecule has 2 aromatic rings. The number of aryl methyl sites for hydroxylation is 1. The van der Waals surface area contributed by atoms with Crippen molar-refractivity contribution in [3.05, 3.63) is 39.8 Å². The molecule has 1 amide bonds. The zero-order valence-corrected chi connectivity index (χ0v) is 12.7. The molecule has 0 bridgehead atoms. The van der Waals surface area contributed by atoms with Crippen LogP contribution >= 0.6 is 11.3 Å². The van der Waals surface area contributed by atoms with Crippen LogP contribution in [0.2, 0.25) is 0 Å². The van der Waals surface area contributed by atoms with Crippen LogP contribution < -0.4 is 4.74 Å². The topological polar surface area (TPSA) is 55.3 Å². The van der Waals surface area contributed by atoms with Crippen LogP contribution in [0.25, 0.3) is 0 Å². The van der Waals surface area contributed by atoms with E-state index in [1.807, 2.05) is 36.1 Å². The first kappa shape index (κ1) is 14.0. The molecule has 3 rings (SSSR count). The fraction of sp³-hybridized carbons (Fsp3) is 0.400. The number of benzene rings is 1. The molecular weight excluding hydrogens is 286 g/mol. The Bertz CT molecular complexity index is 618. The van der Waals surface area contributed by atoms with Gasteiger partial charge in [0, 0.05) is 18.7 Å². The highest BCUT2D eigenvalue weighted by atomic mass is 32.1. The van der Waals surface area contributed by atoms with E-state index in [1.54, 1.807) is 0 Å². The Morgan fingerprint density at radius 3 is 2.57 bits per heavy atom. The highest BCUT2D eigenvalue weighted by Crippen LogP contribution is 2.18. The number of carbonyl (C=O) groups excluding carboxylic acids is 1. The standard InChI is InChI=1S/C15H17N3O2S/c1-11-16-17-14(21-11)10-20-13-6-4-12(5-7-13)15(19)18-8-2-3-9-18/h4-7H,2-3,8-10H2,1H3. The lowest BCUT2D eigenvalue weighted by molar-refractivity contribution is 0.0793. The van der Waals surface area contributed by atoms with Crippen LogP contribution in [0.5, 0.6) is 5.75 Å². The van der Waals surface area contributed by atoms with Crippen LogP contribution in [0, 0.1) is 6.92 Å². The van der Waals surface area contributed by atoms with E-state index in [0.717, 1.165) is 47.3 Å². The summed E-state index contributed by atoms with van der Waals surface area (Å²) < 4.78 is 5.65. The van der Waals surface area contributed by atoms with Crippen molar-refractivity contribution in [3.8, 4) is 5.75 Å². The molecule has 1 fully saturated rings. The predicted octanol–water partition coefficient (Wildman–Crippen LogP) is 2.66. The summed E-state index contributed by atoms with van der Waals surface area (Å²) in [5, 5.41) is 9.74. The van der Waals surface area contributed by atoms with Gasteiger partial charge in [0.15, 0.2) is 5.01 Å². The molecule has 0 spiro atoms. The molecule has 0 aliphatic carbocycles. The molecule has 0 N–H and O–H groups in total. The molecule has 1 aromatic carbocycles. The number of amides is 1. The smallest absolute Gasteiger partial charge is 0.253 e. The predicted molar refractivity (Wildman–Crippen MR) is 80.6 cm³/mol. The van der Waals surface area contributed by atoms with Gasteiger partial charge >= 0.3 is 0 Å². The molecule has 1 aliphatic rings. The van der Waals surface area contributed by atoms with E-state index in [2.05, 4.69) is 10.2 Å². The van der Waals surface area contributed by atoms with Gasteiger partial charge in [-0.3, -0.25) is 4.79 Å². The number of aromatic nitrogens is 2. The molecule has 6 heteroatoms. The largest absolute Gasteiger partial charge is 0.486 e. The fourth-order valence-corrected chi connectivity index (χ4v) is 2.96. The molecular formula is C15H17N3O2S. The maximum atomic E-state index is 12.2. The lowest BCUT2D eigenvalue weighted by atomic mass is 10.2. The fourth-order valence-electron chi connectivity index (χ4n) is 2.34. The van der Waals surface area contributed by atoms with E-state index in [4.69, 9.17) is 4.74 Å². The van der Waals surface area contributed by atoms with Gasteiger partial charge < -0.3 is 9.64 Å². The number of hydrogen-bond acceptors (Lipinski definition) is 5. The minimum absolute atomic E-state index is 0.110. The summed E-state index contributed by atoms with van der Waals surface area (Å²) in [5.74, 6) is 0.847. The van der Waals surface area contributed by atoms with E-state index in [9.17, 15) is 4.79 Å². The van der Waals surface area contributed by atoms with Crippen molar-refractivity contribution in [2.75, 3.05) is 13.1 Å². The maximum absolute atomic E-state index is 12.2. The van der Waals surface area contributed by atoms with Gasteiger partial charge in [-0.05, 0) is 44.0 Å². The van der Waals surface area contributed by atoms with E-state index in [0.29, 0.717) is 6.61 Å². The van der Waals surface area contributed by atoms with Crippen molar-refractivity contribution < 1.29 is 9.53 Å². The quantitative estimate of drug-likeness (QED) is 0.871. The van der Waals surface area contributed by atoms with Crippen LogP contribution in [0.4, 0.5) is 0 Å². The van der Waals surface area contributed by atoms with Gasteiger partial charge in [0.1, 0.15) is 17.4 Å². The van der Waals surface area contributed by atoms with Crippen LogP contribution in [0.3, 0.4) is 0 Å². The van der Waals surface area contributed by atoms with Crippen molar-refractivity contribution >= 4 is 17.2 Å². The summed E-state index contributed by atoms with van der Waals surface area (Å²) in [7, 11) is 0. The van der Waals surface area contributed by atoms with E-state index in [-0.39, 0.29) is 5.91 Å². The second kappa shape index (κ2) is 6.22. The zero-order chi connectivity index (χ0) is 14.7. The van der Waals surface area contributed by atoms with Gasteiger partial charge in [0.2, 0.25) is 0 Å². The van der Waals surface area contributed by atoms with Gasteiger partial charge in [-0.1, -0.05) is 11.3 Å². The highest BCUT2D eigenvalue weighted by molar-refractivity contribution is 7.11. The number of nitrogens with zero attached hydrogens (tertiary/aromatic N) is 3. The summed E-state index contributed by atoms with van der Waals surface area (Å²) in [6, 6.07) is 7.30. The van der Waals surface area contributed by atoms with E-state index in [1.165, 1.54) is 11.3 Å². The second-order valence-electron chi connectivity index (χ2n) is 5.03. The number of ether oxygens (including phenoxy) is 1. The first-order valence-corrected chi connectivity index (χ1v) is 7.85. The Labute approximate surface area is 127 Å². The summed E-state index contributed by atoms with van der Waals surface area (Å²) in [6.07, 6.45) is 2.21. The Balaban J connectivity index is 1.59. The number of rotatable bonds is 4. The average Bonchev–Trinajstić information content (AvgIpc) is 3.16. The van der Waals surface area contributed by atoms with E-state index < -0.39 is 0 Å². The monoisotopic (exact) mass is 303 g/mol. The van der Waals surface area contributed by atoms with Crippen molar-refractivity contribution in [1.29, 1.82) is 0 Å². The third-order valence-electron chi connectivity index (χ3n) is 3.42. The summed E-state index contributed by atoms with van der Waals surface area (Å²) in [6.45, 7) is 4.06. The van der Waals surface area contributed by atoms with Crippen LogP contribution in [0.15, 0.2) is 24.3 Å². The average molecular weight is 303 g/mol. The maximum Gasteiger partial charge on any atom is 0.253 e. The highest BCUT2D eigenvalue weighted by Gasteiger charge is 2.19. The zero-order valence-electron chi connectivity index (χ0n) is 11.9. The number of hydrogen-bond donors (Lipinski definition) is 0. The molecule has 21 heavy (non-hydrogen) atoms. The molecule has 1 aliphatic heterocycles. The Morgan fingerprint density at radius 2 is 1.95 bits per heavy atom. The lowest BCUT2D eigenvalue weighted by Gasteiger charge is -2.15. The van der Waals surface area contributed by atoms with Gasteiger partial charge in [-0.2, -0.15) is 0 Å². The third kappa shape index (κ3) is 3.39. The van der Waals surface area contributed by atoms with Crippen molar-refractivity contribution in [2.24, 2.45) is 0 Å². The minimum Gasteiger partial charge on any atom is -0.486 e. The van der Waals surface area contributed by atoms with Gasteiger partial charge in [-0.25, -0.2) is 0 Å². The summed E-state index contributed by atoms with van der Waals surface area (Å²) in [4.78, 5) is 14.1. The van der Waals surface area contributed by atoms with Gasteiger partial charge in [0.05, 0.1) is 0 Å². The minimum atomic E-state index is 0.110. The SMILES string of the molecule is Cc1nnc(COc2ccc(C(=O)N3CCCC3)cc2)s1. The molecule has 0 atom stereocenters. The molecule has 5 nitrogen and oxygen atoms in total. The second-order valence-corrected chi connectivity index (χ2v) is 6.29. The molecule has 0 radical (unpaired) electrons. The first-order valence-electron chi connectivity index (χ1n) is 7.03. The van der Waals surface area contributed by atoms with Crippen molar-refractivity contribution in [3.63, 3.8) is 0 Å².